The third-order valence-electron chi connectivity index (χ3n) is 3.21. The van der Waals surface area contributed by atoms with E-state index in [-0.39, 0.29) is 0 Å². The highest BCUT2D eigenvalue weighted by Crippen LogP contribution is 2.33. The Balaban J connectivity index is 2.03. The second kappa shape index (κ2) is 3.42. The van der Waals surface area contributed by atoms with E-state index in [1.54, 1.807) is 0 Å². The molecule has 0 aromatic heterocycles. The van der Waals surface area contributed by atoms with Gasteiger partial charge >= 0.3 is 0 Å². The molecule has 2 unspecified atom stereocenters. The van der Waals surface area contributed by atoms with Crippen molar-refractivity contribution < 1.29 is 0 Å². The SMILES string of the molecule is CC(C)N1CCC2CN(I)CC21. The fourth-order valence-electron chi connectivity index (χ4n) is 2.58. The van der Waals surface area contributed by atoms with Crippen molar-refractivity contribution >= 4 is 22.9 Å². The third-order valence-corrected chi connectivity index (χ3v) is 4.00. The van der Waals surface area contributed by atoms with E-state index >= 15 is 0 Å². The molecule has 2 fully saturated rings. The molecule has 0 N–H and O–H groups in total. The largest absolute Gasteiger partial charge is 0.296 e. The smallest absolute Gasteiger partial charge is 0.0275 e. The van der Waals surface area contributed by atoms with Crippen LogP contribution in [0.2, 0.25) is 0 Å². The van der Waals surface area contributed by atoms with Gasteiger partial charge in [0.2, 0.25) is 0 Å². The van der Waals surface area contributed by atoms with E-state index < -0.39 is 0 Å². The first-order chi connectivity index (χ1) is 5.68. The van der Waals surface area contributed by atoms with Gasteiger partial charge in [0, 0.05) is 48.0 Å². The van der Waals surface area contributed by atoms with Crippen molar-refractivity contribution in [3.8, 4) is 0 Å². The molecule has 2 heterocycles. The van der Waals surface area contributed by atoms with Crippen LogP contribution in [0.15, 0.2) is 0 Å². The molecule has 70 valence electrons. The van der Waals surface area contributed by atoms with Gasteiger partial charge in [0.05, 0.1) is 0 Å². The van der Waals surface area contributed by atoms with E-state index in [4.69, 9.17) is 0 Å². The zero-order valence-corrected chi connectivity index (χ0v) is 9.99. The zero-order chi connectivity index (χ0) is 8.72. The zero-order valence-electron chi connectivity index (χ0n) is 7.83. The predicted molar refractivity (Wildman–Crippen MR) is 59.3 cm³/mol. The number of hydrogen-bond acceptors (Lipinski definition) is 2. The van der Waals surface area contributed by atoms with Gasteiger partial charge < -0.3 is 0 Å². The topological polar surface area (TPSA) is 6.48 Å². The number of halogens is 1. The van der Waals surface area contributed by atoms with Crippen LogP contribution in [-0.2, 0) is 0 Å². The number of hydrogen-bond donors (Lipinski definition) is 0. The molecule has 2 rings (SSSR count). The Labute approximate surface area is 88.8 Å². The van der Waals surface area contributed by atoms with E-state index in [1.807, 2.05) is 0 Å². The second-order valence-electron chi connectivity index (χ2n) is 4.28. The van der Waals surface area contributed by atoms with Gasteiger partial charge in [-0.1, -0.05) is 0 Å². The van der Waals surface area contributed by atoms with Crippen molar-refractivity contribution in [1.29, 1.82) is 0 Å². The fourth-order valence-corrected chi connectivity index (χ4v) is 3.49. The molecular weight excluding hydrogens is 263 g/mol. The van der Waals surface area contributed by atoms with E-state index in [0.717, 1.165) is 18.0 Å². The Hall–Kier alpha value is 0.650. The minimum atomic E-state index is 0.739. The van der Waals surface area contributed by atoms with Gasteiger partial charge in [-0.25, -0.2) is 3.11 Å². The molecule has 2 nitrogen and oxygen atoms in total. The Kier molecular flexibility index (Phi) is 2.63. The minimum absolute atomic E-state index is 0.739. The van der Waals surface area contributed by atoms with Crippen molar-refractivity contribution in [2.75, 3.05) is 19.6 Å². The van der Waals surface area contributed by atoms with Crippen LogP contribution in [0.3, 0.4) is 0 Å². The molecule has 12 heavy (non-hydrogen) atoms. The maximum absolute atomic E-state index is 2.67. The Morgan fingerprint density at radius 1 is 1.33 bits per heavy atom. The first kappa shape index (κ1) is 9.21. The van der Waals surface area contributed by atoms with Gasteiger partial charge in [-0.3, -0.25) is 4.90 Å². The maximum atomic E-state index is 2.67. The van der Waals surface area contributed by atoms with Crippen LogP contribution >= 0.6 is 22.9 Å². The first-order valence-electron chi connectivity index (χ1n) is 4.85. The summed E-state index contributed by atoms with van der Waals surface area (Å²) in [5, 5.41) is 0. The molecule has 2 aliphatic rings. The lowest BCUT2D eigenvalue weighted by atomic mass is 10.0. The van der Waals surface area contributed by atoms with E-state index in [2.05, 4.69) is 44.7 Å². The van der Waals surface area contributed by atoms with Crippen LogP contribution in [0.4, 0.5) is 0 Å². The maximum Gasteiger partial charge on any atom is 0.0275 e. The minimum Gasteiger partial charge on any atom is -0.296 e. The molecular formula is C9H17IN2. The molecule has 0 bridgehead atoms. The highest BCUT2D eigenvalue weighted by molar-refractivity contribution is 14.1. The second-order valence-corrected chi connectivity index (χ2v) is 5.64. The number of rotatable bonds is 1. The summed E-state index contributed by atoms with van der Waals surface area (Å²) in [6, 6.07) is 1.60. The van der Waals surface area contributed by atoms with Crippen molar-refractivity contribution in [1.82, 2.24) is 8.01 Å². The molecule has 0 amide bonds. The van der Waals surface area contributed by atoms with Crippen molar-refractivity contribution in [2.24, 2.45) is 5.92 Å². The predicted octanol–water partition coefficient (Wildman–Crippen LogP) is 1.75. The molecule has 3 heteroatoms. The molecule has 2 aliphatic heterocycles. The van der Waals surface area contributed by atoms with Crippen LogP contribution in [-0.4, -0.2) is 39.7 Å². The van der Waals surface area contributed by atoms with E-state index in [1.165, 1.54) is 26.1 Å². The number of nitrogens with zero attached hydrogens (tertiary/aromatic N) is 2. The molecule has 2 atom stereocenters. The van der Waals surface area contributed by atoms with E-state index in [0.29, 0.717) is 0 Å². The van der Waals surface area contributed by atoms with Crippen molar-refractivity contribution in [2.45, 2.75) is 32.4 Å². The van der Waals surface area contributed by atoms with Gasteiger partial charge in [-0.05, 0) is 32.7 Å². The molecule has 0 radical (unpaired) electrons. The molecule has 0 aliphatic carbocycles. The quantitative estimate of drug-likeness (QED) is 0.533. The van der Waals surface area contributed by atoms with E-state index in [9.17, 15) is 0 Å². The Morgan fingerprint density at radius 3 is 2.75 bits per heavy atom. The Morgan fingerprint density at radius 2 is 2.08 bits per heavy atom. The highest BCUT2D eigenvalue weighted by atomic mass is 127. The average Bonchev–Trinajstić information content (AvgIpc) is 2.43. The van der Waals surface area contributed by atoms with Gasteiger partial charge in [-0.15, -0.1) is 0 Å². The standard InChI is InChI=1S/C9H17IN2/c1-7(2)12-4-3-8-5-11(10)6-9(8)12/h7-9H,3-6H2,1-2H3. The summed E-state index contributed by atoms with van der Waals surface area (Å²) in [5.74, 6) is 0.962. The monoisotopic (exact) mass is 280 g/mol. The van der Waals surface area contributed by atoms with Gasteiger partial charge in [0.1, 0.15) is 0 Å². The lowest BCUT2D eigenvalue weighted by Crippen LogP contribution is -2.38. The highest BCUT2D eigenvalue weighted by Gasteiger charge is 2.41. The lowest BCUT2D eigenvalue weighted by molar-refractivity contribution is 0.199. The first-order valence-corrected chi connectivity index (χ1v) is 5.81. The number of likely N-dealkylation sites (tertiary alicyclic amines) is 1. The Bertz CT molecular complexity index is 172. The fraction of sp³-hybridized carbons (Fsp3) is 1.00. The van der Waals surface area contributed by atoms with Crippen LogP contribution in [0.25, 0.3) is 0 Å². The summed E-state index contributed by atoms with van der Waals surface area (Å²) in [6.07, 6.45) is 1.42. The van der Waals surface area contributed by atoms with Crippen LogP contribution in [0.5, 0.6) is 0 Å². The molecule has 0 saturated carbocycles. The molecule has 0 aromatic carbocycles. The lowest BCUT2D eigenvalue weighted by Gasteiger charge is -2.27. The van der Waals surface area contributed by atoms with Crippen LogP contribution in [0, 0.1) is 5.92 Å². The summed E-state index contributed by atoms with van der Waals surface area (Å²) < 4.78 is 2.45. The van der Waals surface area contributed by atoms with Gasteiger partial charge in [0.15, 0.2) is 0 Å². The molecule has 2 saturated heterocycles. The summed E-state index contributed by atoms with van der Waals surface area (Å²) in [6.45, 7) is 8.56. The number of fused-ring (bicyclic) bond motifs is 1. The normalized spacial score (nSPS) is 38.0. The van der Waals surface area contributed by atoms with Gasteiger partial charge in [-0.2, -0.15) is 0 Å². The average molecular weight is 280 g/mol. The summed E-state index contributed by atoms with van der Waals surface area (Å²) in [5.41, 5.74) is 0. The summed E-state index contributed by atoms with van der Waals surface area (Å²) >= 11 is 2.46. The van der Waals surface area contributed by atoms with Crippen molar-refractivity contribution in [3.05, 3.63) is 0 Å². The van der Waals surface area contributed by atoms with Crippen LogP contribution < -0.4 is 0 Å². The molecule has 0 aromatic rings. The van der Waals surface area contributed by atoms with Crippen molar-refractivity contribution in [3.63, 3.8) is 0 Å². The van der Waals surface area contributed by atoms with Crippen LogP contribution in [0.1, 0.15) is 20.3 Å². The van der Waals surface area contributed by atoms with Gasteiger partial charge in [0.25, 0.3) is 0 Å². The third kappa shape index (κ3) is 1.51. The summed E-state index contributed by atoms with van der Waals surface area (Å²) in [4.78, 5) is 2.67. The summed E-state index contributed by atoms with van der Waals surface area (Å²) in [7, 11) is 0. The molecule has 0 spiro atoms.